The summed E-state index contributed by atoms with van der Waals surface area (Å²) in [5.41, 5.74) is 0.844. The van der Waals surface area contributed by atoms with Crippen molar-refractivity contribution in [2.45, 2.75) is 6.54 Å². The van der Waals surface area contributed by atoms with Crippen LogP contribution in [0.3, 0.4) is 0 Å². The van der Waals surface area contributed by atoms with Crippen LogP contribution in [0.4, 0.5) is 0 Å². The summed E-state index contributed by atoms with van der Waals surface area (Å²) in [6.45, 7) is 0.268. The van der Waals surface area contributed by atoms with Crippen molar-refractivity contribution >= 4 is 22.0 Å². The molecule has 0 N–H and O–H groups in total. The summed E-state index contributed by atoms with van der Waals surface area (Å²) in [5, 5.41) is 0. The predicted molar refractivity (Wildman–Crippen MR) is 59.1 cm³/mol. The number of benzene rings is 1. The molecule has 0 heterocycles. The molecule has 0 bridgehead atoms. The Morgan fingerprint density at radius 1 is 1.40 bits per heavy atom. The van der Waals surface area contributed by atoms with Gasteiger partial charge in [0.1, 0.15) is 0 Å². The molecule has 0 aromatic heterocycles. The Morgan fingerprint density at radius 2 is 2.13 bits per heavy atom. The lowest BCUT2D eigenvalue weighted by Gasteiger charge is -2.11. The number of ether oxygens (including phenoxy) is 2. The van der Waals surface area contributed by atoms with Gasteiger partial charge in [-0.05, 0) is 27.6 Å². The fourth-order valence-corrected chi connectivity index (χ4v) is 1.78. The molecule has 4 nitrogen and oxygen atoms in total. The van der Waals surface area contributed by atoms with E-state index in [-0.39, 0.29) is 6.54 Å². The van der Waals surface area contributed by atoms with Gasteiger partial charge in [-0.2, -0.15) is 0 Å². The number of carbonyl (C=O) groups excluding carboxylic acids is 1. The van der Waals surface area contributed by atoms with Crippen LogP contribution in [0.25, 0.3) is 0 Å². The first-order valence-electron chi connectivity index (χ1n) is 4.17. The van der Waals surface area contributed by atoms with Crippen LogP contribution < -0.4 is 9.47 Å². The van der Waals surface area contributed by atoms with Crippen molar-refractivity contribution in [3.63, 3.8) is 0 Å². The molecule has 0 saturated carbocycles. The van der Waals surface area contributed by atoms with Gasteiger partial charge in [-0.25, -0.2) is 9.79 Å². The number of rotatable bonds is 4. The van der Waals surface area contributed by atoms with Gasteiger partial charge >= 0.3 is 0 Å². The molecule has 15 heavy (non-hydrogen) atoms. The highest BCUT2D eigenvalue weighted by atomic mass is 79.9. The van der Waals surface area contributed by atoms with Crippen molar-refractivity contribution in [3.05, 3.63) is 22.2 Å². The van der Waals surface area contributed by atoms with Crippen LogP contribution in [0.5, 0.6) is 11.5 Å². The Labute approximate surface area is 96.0 Å². The minimum Gasteiger partial charge on any atom is -0.493 e. The largest absolute Gasteiger partial charge is 0.493 e. The van der Waals surface area contributed by atoms with Gasteiger partial charge in [0.25, 0.3) is 0 Å². The number of halogens is 1. The molecule has 1 aromatic rings. The Balaban J connectivity index is 3.16. The molecule has 0 aliphatic heterocycles. The summed E-state index contributed by atoms with van der Waals surface area (Å²) in [7, 11) is 3.11. The molecule has 0 saturated heterocycles. The van der Waals surface area contributed by atoms with Crippen LogP contribution in [0, 0.1) is 0 Å². The van der Waals surface area contributed by atoms with Crippen LogP contribution in [0.1, 0.15) is 5.56 Å². The standard InChI is InChI=1S/C10H10BrNO3/c1-14-8-4-3-7(5-12-6-13)9(11)10(8)15-2/h3-4H,5H2,1-2H3. The van der Waals surface area contributed by atoms with Crippen molar-refractivity contribution in [2.24, 2.45) is 4.99 Å². The second-order valence-corrected chi connectivity index (χ2v) is 3.47. The Morgan fingerprint density at radius 3 is 2.67 bits per heavy atom. The molecule has 0 amide bonds. The van der Waals surface area contributed by atoms with E-state index < -0.39 is 0 Å². The van der Waals surface area contributed by atoms with Crippen LogP contribution >= 0.6 is 15.9 Å². The number of nitrogens with zero attached hydrogens (tertiary/aromatic N) is 1. The van der Waals surface area contributed by atoms with E-state index in [0.717, 1.165) is 10.0 Å². The van der Waals surface area contributed by atoms with Crippen LogP contribution in [0.2, 0.25) is 0 Å². The van der Waals surface area contributed by atoms with E-state index in [1.165, 1.54) is 6.08 Å². The number of hydrogen-bond acceptors (Lipinski definition) is 4. The van der Waals surface area contributed by atoms with Gasteiger partial charge in [-0.15, -0.1) is 0 Å². The predicted octanol–water partition coefficient (Wildman–Crippen LogP) is 2.30. The third-order valence-corrected chi connectivity index (χ3v) is 2.75. The lowest BCUT2D eigenvalue weighted by Crippen LogP contribution is -1.94. The van der Waals surface area contributed by atoms with Crippen molar-refractivity contribution in [2.75, 3.05) is 14.2 Å². The fourth-order valence-electron chi connectivity index (χ4n) is 1.17. The van der Waals surface area contributed by atoms with Gasteiger partial charge in [0.05, 0.1) is 25.2 Å². The molecule has 1 rings (SSSR count). The zero-order valence-electron chi connectivity index (χ0n) is 8.41. The summed E-state index contributed by atoms with van der Waals surface area (Å²) in [6.07, 6.45) is 1.49. The SMILES string of the molecule is COc1ccc(CN=C=O)c(Br)c1OC. The van der Waals surface area contributed by atoms with Gasteiger partial charge in [0, 0.05) is 0 Å². The monoisotopic (exact) mass is 271 g/mol. The van der Waals surface area contributed by atoms with Gasteiger partial charge in [-0.3, -0.25) is 0 Å². The third kappa shape index (κ3) is 2.58. The van der Waals surface area contributed by atoms with Gasteiger partial charge in [0.2, 0.25) is 6.08 Å². The minimum atomic E-state index is 0.268. The highest BCUT2D eigenvalue weighted by molar-refractivity contribution is 9.10. The molecule has 0 aliphatic carbocycles. The normalized spacial score (nSPS) is 9.27. The first-order valence-corrected chi connectivity index (χ1v) is 4.96. The van der Waals surface area contributed by atoms with E-state index in [9.17, 15) is 4.79 Å². The summed E-state index contributed by atoms with van der Waals surface area (Å²) in [4.78, 5) is 13.5. The summed E-state index contributed by atoms with van der Waals surface area (Å²) < 4.78 is 11.0. The van der Waals surface area contributed by atoms with E-state index in [1.807, 2.05) is 6.07 Å². The maximum absolute atomic E-state index is 10.0. The van der Waals surface area contributed by atoms with E-state index in [4.69, 9.17) is 9.47 Å². The second kappa shape index (κ2) is 5.53. The summed E-state index contributed by atoms with van der Waals surface area (Å²) in [6, 6.07) is 3.57. The first kappa shape index (κ1) is 11.8. The highest BCUT2D eigenvalue weighted by Crippen LogP contribution is 2.37. The highest BCUT2D eigenvalue weighted by Gasteiger charge is 2.11. The molecule has 5 heteroatoms. The fraction of sp³-hybridized carbons (Fsp3) is 0.300. The molecule has 0 atom stereocenters. The van der Waals surface area contributed by atoms with Gasteiger partial charge in [-0.1, -0.05) is 6.07 Å². The molecule has 0 radical (unpaired) electrons. The van der Waals surface area contributed by atoms with E-state index >= 15 is 0 Å². The smallest absolute Gasteiger partial charge is 0.235 e. The van der Waals surface area contributed by atoms with Crippen LogP contribution in [-0.4, -0.2) is 20.3 Å². The third-order valence-electron chi connectivity index (χ3n) is 1.88. The second-order valence-electron chi connectivity index (χ2n) is 2.68. The van der Waals surface area contributed by atoms with Crippen LogP contribution in [0.15, 0.2) is 21.6 Å². The molecule has 0 unspecified atom stereocenters. The summed E-state index contributed by atoms with van der Waals surface area (Å²) in [5.74, 6) is 1.22. The minimum absolute atomic E-state index is 0.268. The maximum Gasteiger partial charge on any atom is 0.235 e. The maximum atomic E-state index is 10.0. The van der Waals surface area contributed by atoms with Crippen LogP contribution in [-0.2, 0) is 11.3 Å². The molecular weight excluding hydrogens is 262 g/mol. The Bertz CT molecular complexity index is 400. The first-order chi connectivity index (χ1) is 7.24. The number of hydrogen-bond donors (Lipinski definition) is 0. The topological polar surface area (TPSA) is 47.9 Å². The van der Waals surface area contributed by atoms with Gasteiger partial charge in [0.15, 0.2) is 11.5 Å². The van der Waals surface area contributed by atoms with E-state index in [1.54, 1.807) is 20.3 Å². The molecular formula is C10H10BrNO3. The van der Waals surface area contributed by atoms with E-state index in [2.05, 4.69) is 20.9 Å². The van der Waals surface area contributed by atoms with Crippen molar-refractivity contribution in [1.29, 1.82) is 0 Å². The number of isocyanates is 1. The molecule has 0 spiro atoms. The molecule has 80 valence electrons. The molecule has 0 fully saturated rings. The zero-order chi connectivity index (χ0) is 11.3. The number of aliphatic imine (C=N–C) groups is 1. The molecule has 0 aliphatic rings. The molecule has 1 aromatic carbocycles. The summed E-state index contributed by atoms with van der Waals surface area (Å²) >= 11 is 3.37. The average Bonchev–Trinajstić information content (AvgIpc) is 2.27. The number of methoxy groups -OCH3 is 2. The van der Waals surface area contributed by atoms with E-state index in [0.29, 0.717) is 11.5 Å². The lowest BCUT2D eigenvalue weighted by atomic mass is 10.2. The zero-order valence-corrected chi connectivity index (χ0v) is 10.00. The lowest BCUT2D eigenvalue weighted by molar-refractivity contribution is 0.352. The van der Waals surface area contributed by atoms with Crippen molar-refractivity contribution < 1.29 is 14.3 Å². The quantitative estimate of drug-likeness (QED) is 0.624. The van der Waals surface area contributed by atoms with Crippen molar-refractivity contribution in [1.82, 2.24) is 0 Å². The van der Waals surface area contributed by atoms with Gasteiger partial charge < -0.3 is 9.47 Å². The Kier molecular flexibility index (Phi) is 4.34. The average molecular weight is 272 g/mol. The van der Waals surface area contributed by atoms with Crippen molar-refractivity contribution in [3.8, 4) is 11.5 Å². The Hall–Kier alpha value is -1.32.